The van der Waals surface area contributed by atoms with Gasteiger partial charge in [0, 0.05) is 32.4 Å². The molecule has 1 saturated heterocycles. The maximum absolute atomic E-state index is 5.73. The Morgan fingerprint density at radius 3 is 2.95 bits per heavy atom. The zero-order valence-electron chi connectivity index (χ0n) is 13.0. The van der Waals surface area contributed by atoms with Crippen LogP contribution in [0.5, 0.6) is 0 Å². The number of aromatic nitrogens is 2. The average molecular weight is 280 g/mol. The van der Waals surface area contributed by atoms with Gasteiger partial charge in [-0.05, 0) is 26.0 Å². The highest BCUT2D eigenvalue weighted by atomic mass is 16.5. The minimum absolute atomic E-state index is 0.301. The molecule has 114 valence electrons. The molecule has 2 rings (SSSR count). The standard InChI is InChI=1S/C15H28N4O/c1-4-14(5-2)19-7-6-13(17-19)11-18-8-9-20-15(12-18)10-16-3/h6-7,14-16H,4-5,8-12H2,1-3H3. The molecule has 0 bridgehead atoms. The van der Waals surface area contributed by atoms with Crippen molar-refractivity contribution in [3.63, 3.8) is 0 Å². The van der Waals surface area contributed by atoms with Gasteiger partial charge >= 0.3 is 0 Å². The summed E-state index contributed by atoms with van der Waals surface area (Å²) in [6.45, 7) is 9.09. The first-order valence-electron chi connectivity index (χ1n) is 7.79. The molecular formula is C15H28N4O. The van der Waals surface area contributed by atoms with Crippen molar-refractivity contribution in [2.24, 2.45) is 0 Å². The summed E-state index contributed by atoms with van der Waals surface area (Å²) in [5.41, 5.74) is 1.17. The summed E-state index contributed by atoms with van der Waals surface area (Å²) >= 11 is 0. The van der Waals surface area contributed by atoms with E-state index in [-0.39, 0.29) is 0 Å². The van der Waals surface area contributed by atoms with E-state index < -0.39 is 0 Å². The van der Waals surface area contributed by atoms with E-state index in [0.717, 1.165) is 45.6 Å². The second-order valence-electron chi connectivity index (χ2n) is 5.54. The number of hydrogen-bond acceptors (Lipinski definition) is 4. The molecule has 5 nitrogen and oxygen atoms in total. The molecule has 1 unspecified atom stereocenters. The van der Waals surface area contributed by atoms with Crippen LogP contribution in [0.1, 0.15) is 38.4 Å². The lowest BCUT2D eigenvalue weighted by molar-refractivity contribution is -0.0295. The number of rotatable bonds is 7. The van der Waals surface area contributed by atoms with Crippen molar-refractivity contribution >= 4 is 0 Å². The molecule has 0 amide bonds. The number of nitrogens with one attached hydrogen (secondary N) is 1. The minimum atomic E-state index is 0.301. The SMILES string of the molecule is CCC(CC)n1ccc(CN2CCOC(CNC)C2)n1. The molecule has 1 N–H and O–H groups in total. The van der Waals surface area contributed by atoms with E-state index in [1.54, 1.807) is 0 Å². The topological polar surface area (TPSA) is 42.3 Å². The van der Waals surface area contributed by atoms with Crippen LogP contribution < -0.4 is 5.32 Å². The zero-order chi connectivity index (χ0) is 14.4. The number of likely N-dealkylation sites (N-methyl/N-ethyl adjacent to an activating group) is 1. The van der Waals surface area contributed by atoms with Crippen molar-refractivity contribution in [2.45, 2.75) is 45.4 Å². The molecule has 0 aromatic carbocycles. The quantitative estimate of drug-likeness (QED) is 0.825. The molecule has 1 fully saturated rings. The average Bonchev–Trinajstić information content (AvgIpc) is 2.89. The predicted octanol–water partition coefficient (Wildman–Crippen LogP) is 1.66. The van der Waals surface area contributed by atoms with Gasteiger partial charge in [-0.15, -0.1) is 0 Å². The molecule has 2 heterocycles. The van der Waals surface area contributed by atoms with Gasteiger partial charge in [0.1, 0.15) is 0 Å². The summed E-state index contributed by atoms with van der Waals surface area (Å²) in [6.07, 6.45) is 4.70. The van der Waals surface area contributed by atoms with Gasteiger partial charge in [0.2, 0.25) is 0 Å². The number of hydrogen-bond donors (Lipinski definition) is 1. The molecule has 1 aromatic heterocycles. The summed E-state index contributed by atoms with van der Waals surface area (Å²) in [5, 5.41) is 7.92. The first-order valence-corrected chi connectivity index (χ1v) is 7.79. The van der Waals surface area contributed by atoms with Crippen molar-refractivity contribution in [2.75, 3.05) is 33.3 Å². The van der Waals surface area contributed by atoms with E-state index in [0.29, 0.717) is 12.1 Å². The Labute approximate surface area is 122 Å². The fourth-order valence-corrected chi connectivity index (χ4v) is 2.83. The van der Waals surface area contributed by atoms with Crippen molar-refractivity contribution in [1.29, 1.82) is 0 Å². The summed E-state index contributed by atoms with van der Waals surface area (Å²) in [6, 6.07) is 2.69. The Bertz CT molecular complexity index is 387. The third-order valence-corrected chi connectivity index (χ3v) is 4.02. The van der Waals surface area contributed by atoms with Crippen LogP contribution in [-0.2, 0) is 11.3 Å². The first-order chi connectivity index (χ1) is 9.76. The highest BCUT2D eigenvalue weighted by Crippen LogP contribution is 2.15. The van der Waals surface area contributed by atoms with E-state index in [9.17, 15) is 0 Å². The number of morpholine rings is 1. The molecule has 0 spiro atoms. The molecule has 0 radical (unpaired) electrons. The van der Waals surface area contributed by atoms with E-state index in [1.165, 1.54) is 5.69 Å². The lowest BCUT2D eigenvalue weighted by Gasteiger charge is -2.32. The molecule has 1 aliphatic rings. The van der Waals surface area contributed by atoms with Crippen LogP contribution in [0.4, 0.5) is 0 Å². The smallest absolute Gasteiger partial charge is 0.0826 e. The maximum atomic E-state index is 5.73. The van der Waals surface area contributed by atoms with Crippen LogP contribution >= 0.6 is 0 Å². The normalized spacial score (nSPS) is 20.7. The highest BCUT2D eigenvalue weighted by Gasteiger charge is 2.20. The van der Waals surface area contributed by atoms with E-state index >= 15 is 0 Å². The molecular weight excluding hydrogens is 252 g/mol. The van der Waals surface area contributed by atoms with Gasteiger partial charge in [-0.1, -0.05) is 13.8 Å². The number of nitrogens with zero attached hydrogens (tertiary/aromatic N) is 3. The second kappa shape index (κ2) is 7.76. The summed E-state index contributed by atoms with van der Waals surface area (Å²) < 4.78 is 7.86. The van der Waals surface area contributed by atoms with Crippen LogP contribution in [0.2, 0.25) is 0 Å². The largest absolute Gasteiger partial charge is 0.374 e. The Morgan fingerprint density at radius 1 is 1.45 bits per heavy atom. The van der Waals surface area contributed by atoms with Crippen molar-refractivity contribution < 1.29 is 4.74 Å². The van der Waals surface area contributed by atoms with Crippen LogP contribution in [0.15, 0.2) is 12.3 Å². The summed E-state index contributed by atoms with van der Waals surface area (Å²) in [4.78, 5) is 2.44. The fourth-order valence-electron chi connectivity index (χ4n) is 2.83. The third kappa shape index (κ3) is 4.04. The lowest BCUT2D eigenvalue weighted by atomic mass is 10.2. The fraction of sp³-hybridized carbons (Fsp3) is 0.800. The predicted molar refractivity (Wildman–Crippen MR) is 80.8 cm³/mol. The van der Waals surface area contributed by atoms with Gasteiger partial charge in [0.05, 0.1) is 24.4 Å². The van der Waals surface area contributed by atoms with Gasteiger partial charge in [-0.2, -0.15) is 5.10 Å². The molecule has 5 heteroatoms. The Morgan fingerprint density at radius 2 is 2.25 bits per heavy atom. The van der Waals surface area contributed by atoms with Crippen molar-refractivity contribution in [1.82, 2.24) is 20.0 Å². The second-order valence-corrected chi connectivity index (χ2v) is 5.54. The van der Waals surface area contributed by atoms with Crippen LogP contribution in [0.3, 0.4) is 0 Å². The summed E-state index contributed by atoms with van der Waals surface area (Å²) in [5.74, 6) is 0. The van der Waals surface area contributed by atoms with Gasteiger partial charge in [-0.25, -0.2) is 0 Å². The van der Waals surface area contributed by atoms with E-state index in [4.69, 9.17) is 9.84 Å². The van der Waals surface area contributed by atoms with E-state index in [1.807, 2.05) is 7.05 Å². The van der Waals surface area contributed by atoms with Crippen LogP contribution in [-0.4, -0.2) is 54.1 Å². The van der Waals surface area contributed by atoms with Crippen LogP contribution in [0.25, 0.3) is 0 Å². The van der Waals surface area contributed by atoms with Gasteiger partial charge in [0.15, 0.2) is 0 Å². The van der Waals surface area contributed by atoms with Crippen LogP contribution in [0, 0.1) is 0 Å². The Balaban J connectivity index is 1.89. The minimum Gasteiger partial charge on any atom is -0.374 e. The monoisotopic (exact) mass is 280 g/mol. The maximum Gasteiger partial charge on any atom is 0.0826 e. The molecule has 1 aromatic rings. The van der Waals surface area contributed by atoms with Gasteiger partial charge in [-0.3, -0.25) is 9.58 Å². The van der Waals surface area contributed by atoms with Crippen molar-refractivity contribution in [3.8, 4) is 0 Å². The van der Waals surface area contributed by atoms with Gasteiger partial charge < -0.3 is 10.1 Å². The third-order valence-electron chi connectivity index (χ3n) is 4.02. The molecule has 0 aliphatic carbocycles. The summed E-state index contributed by atoms with van der Waals surface area (Å²) in [7, 11) is 1.97. The van der Waals surface area contributed by atoms with Gasteiger partial charge in [0.25, 0.3) is 0 Å². The molecule has 1 aliphatic heterocycles. The Hall–Kier alpha value is -0.910. The Kier molecular flexibility index (Phi) is 6.01. The lowest BCUT2D eigenvalue weighted by Crippen LogP contribution is -2.45. The molecule has 20 heavy (non-hydrogen) atoms. The zero-order valence-corrected chi connectivity index (χ0v) is 13.0. The first kappa shape index (κ1) is 15.5. The molecule has 0 saturated carbocycles. The van der Waals surface area contributed by atoms with E-state index in [2.05, 4.69) is 41.0 Å². The molecule has 1 atom stereocenters. The highest BCUT2D eigenvalue weighted by molar-refractivity contribution is 5.00. The van der Waals surface area contributed by atoms with Crippen molar-refractivity contribution in [3.05, 3.63) is 18.0 Å². The number of ether oxygens (including phenoxy) is 1.